The van der Waals surface area contributed by atoms with E-state index in [1.54, 1.807) is 0 Å². The van der Waals surface area contributed by atoms with Crippen LogP contribution in [0.2, 0.25) is 0 Å². The van der Waals surface area contributed by atoms with Gasteiger partial charge in [0.2, 0.25) is 0 Å². The lowest BCUT2D eigenvalue weighted by Crippen LogP contribution is -2.26. The molecular weight excluding hydrogens is 232 g/mol. The van der Waals surface area contributed by atoms with E-state index in [2.05, 4.69) is 12.2 Å². The van der Waals surface area contributed by atoms with Crippen LogP contribution in [0.25, 0.3) is 0 Å². The number of rotatable bonds is 7. The van der Waals surface area contributed by atoms with Gasteiger partial charge in [0.15, 0.2) is 0 Å². The third kappa shape index (κ3) is 3.00. The number of hydrogen-bond donors (Lipinski definition) is 2. The number of hydrogen-bond acceptors (Lipinski definition) is 3. The topological polar surface area (TPSA) is 66.8 Å². The van der Waals surface area contributed by atoms with Gasteiger partial charge in [0.05, 0.1) is 12.2 Å². The number of fused-ring (bicyclic) bond motifs is 2. The predicted octanol–water partition coefficient (Wildman–Crippen LogP) is 1.75. The molecule has 0 radical (unpaired) electrons. The Balaban J connectivity index is 1.71. The number of aliphatic hydroxyl groups excluding tert-OH is 1. The van der Waals surface area contributed by atoms with E-state index in [0.29, 0.717) is 12.3 Å². The zero-order valence-corrected chi connectivity index (χ0v) is 10.4. The quantitative estimate of drug-likeness (QED) is 0.535. The van der Waals surface area contributed by atoms with Gasteiger partial charge in [-0.05, 0) is 25.2 Å². The van der Waals surface area contributed by atoms with Gasteiger partial charge in [0.25, 0.3) is 0 Å². The normalized spacial score (nSPS) is 33.6. The first-order chi connectivity index (χ1) is 8.72. The predicted molar refractivity (Wildman–Crippen MR) is 67.1 cm³/mol. The molecule has 4 nitrogen and oxygen atoms in total. The van der Waals surface area contributed by atoms with Crippen molar-refractivity contribution in [3.8, 4) is 0 Å². The Bertz CT molecular complexity index is 348. The van der Waals surface area contributed by atoms with Gasteiger partial charge in [-0.25, -0.2) is 0 Å². The van der Waals surface area contributed by atoms with Crippen molar-refractivity contribution in [1.82, 2.24) is 0 Å². The molecule has 0 unspecified atom stereocenters. The summed E-state index contributed by atoms with van der Waals surface area (Å²) in [6.07, 6.45) is 11.1. The zero-order chi connectivity index (χ0) is 13.0. The van der Waals surface area contributed by atoms with E-state index in [1.807, 2.05) is 12.2 Å². The van der Waals surface area contributed by atoms with Crippen molar-refractivity contribution in [2.75, 3.05) is 6.61 Å². The van der Waals surface area contributed by atoms with E-state index in [-0.39, 0.29) is 31.2 Å². The average molecular weight is 252 g/mol. The molecule has 1 saturated heterocycles. The largest absolute Gasteiger partial charge is 0.481 e. The summed E-state index contributed by atoms with van der Waals surface area (Å²) < 4.78 is 5.72. The Morgan fingerprint density at radius 3 is 2.61 bits per heavy atom. The molecule has 0 amide bonds. The minimum atomic E-state index is -0.740. The van der Waals surface area contributed by atoms with E-state index in [9.17, 15) is 9.90 Å². The Kier molecular flexibility index (Phi) is 4.55. The van der Waals surface area contributed by atoms with Crippen LogP contribution in [0.15, 0.2) is 24.3 Å². The van der Waals surface area contributed by atoms with Crippen molar-refractivity contribution in [2.45, 2.75) is 37.9 Å². The van der Waals surface area contributed by atoms with Gasteiger partial charge in [-0.1, -0.05) is 24.3 Å². The molecule has 0 aromatic rings. The van der Waals surface area contributed by atoms with Gasteiger partial charge in [0, 0.05) is 18.9 Å². The van der Waals surface area contributed by atoms with Gasteiger partial charge in [-0.2, -0.15) is 0 Å². The van der Waals surface area contributed by atoms with E-state index >= 15 is 0 Å². The fraction of sp³-hybridized carbons (Fsp3) is 0.643. The second-order valence-electron chi connectivity index (χ2n) is 4.95. The molecule has 0 aromatic heterocycles. The van der Waals surface area contributed by atoms with E-state index in [1.165, 1.54) is 0 Å². The first-order valence-corrected chi connectivity index (χ1v) is 6.54. The summed E-state index contributed by atoms with van der Waals surface area (Å²) in [5, 5.41) is 17.9. The molecule has 4 heteroatoms. The number of aliphatic hydroxyl groups is 1. The van der Waals surface area contributed by atoms with Gasteiger partial charge in [0.1, 0.15) is 0 Å². The van der Waals surface area contributed by atoms with Crippen molar-refractivity contribution in [1.29, 1.82) is 0 Å². The molecule has 0 saturated carbocycles. The zero-order valence-electron chi connectivity index (χ0n) is 10.4. The van der Waals surface area contributed by atoms with Crippen LogP contribution in [-0.4, -0.2) is 35.0 Å². The third-order valence-electron chi connectivity index (χ3n) is 3.75. The average Bonchev–Trinajstić information content (AvgIpc) is 2.93. The molecule has 2 bridgehead atoms. The lowest BCUT2D eigenvalue weighted by molar-refractivity contribution is -0.137. The highest BCUT2D eigenvalue weighted by molar-refractivity contribution is 5.66. The second kappa shape index (κ2) is 6.16. The Morgan fingerprint density at radius 2 is 1.94 bits per heavy atom. The van der Waals surface area contributed by atoms with Gasteiger partial charge in [-0.3, -0.25) is 4.79 Å². The minimum absolute atomic E-state index is 0.0883. The molecule has 2 heterocycles. The lowest BCUT2D eigenvalue weighted by atomic mass is 9.81. The number of unbranched alkanes of at least 4 members (excludes halogenated alkanes) is 1. The smallest absolute Gasteiger partial charge is 0.303 e. The van der Waals surface area contributed by atoms with E-state index < -0.39 is 5.97 Å². The van der Waals surface area contributed by atoms with Crippen molar-refractivity contribution in [3.63, 3.8) is 0 Å². The Labute approximate surface area is 107 Å². The highest BCUT2D eigenvalue weighted by Gasteiger charge is 2.44. The fourth-order valence-corrected chi connectivity index (χ4v) is 2.76. The number of carboxylic acid groups (broad SMARTS) is 1. The summed E-state index contributed by atoms with van der Waals surface area (Å²) in [6, 6.07) is 0. The van der Waals surface area contributed by atoms with Crippen LogP contribution in [0.1, 0.15) is 25.7 Å². The van der Waals surface area contributed by atoms with Crippen molar-refractivity contribution in [3.05, 3.63) is 24.3 Å². The number of ether oxygens (including phenoxy) is 1. The highest BCUT2D eigenvalue weighted by Crippen LogP contribution is 2.40. The van der Waals surface area contributed by atoms with E-state index in [4.69, 9.17) is 9.84 Å². The third-order valence-corrected chi connectivity index (χ3v) is 3.75. The maximum atomic E-state index is 10.3. The summed E-state index contributed by atoms with van der Waals surface area (Å²) in [5.41, 5.74) is 0. The molecule has 0 spiro atoms. The molecule has 0 aromatic carbocycles. The summed E-state index contributed by atoms with van der Waals surface area (Å²) in [5.74, 6) is -0.167. The van der Waals surface area contributed by atoms with Gasteiger partial charge >= 0.3 is 5.97 Å². The summed E-state index contributed by atoms with van der Waals surface area (Å²) >= 11 is 0. The molecule has 4 atom stereocenters. The van der Waals surface area contributed by atoms with Crippen LogP contribution < -0.4 is 0 Å². The number of carboxylic acids is 1. The first kappa shape index (κ1) is 13.3. The minimum Gasteiger partial charge on any atom is -0.481 e. The Hall–Kier alpha value is -1.13. The monoisotopic (exact) mass is 252 g/mol. The number of aliphatic carboxylic acids is 1. The summed E-state index contributed by atoms with van der Waals surface area (Å²) in [4.78, 5) is 10.3. The molecular formula is C14H20O4. The molecule has 2 aliphatic rings. The number of allylic oxidation sites excluding steroid dienone is 2. The van der Waals surface area contributed by atoms with Crippen LogP contribution in [0.5, 0.6) is 0 Å². The first-order valence-electron chi connectivity index (χ1n) is 6.54. The van der Waals surface area contributed by atoms with E-state index in [0.717, 1.165) is 12.8 Å². The molecule has 2 rings (SSSR count). The van der Waals surface area contributed by atoms with Crippen molar-refractivity contribution >= 4 is 5.97 Å². The van der Waals surface area contributed by atoms with Crippen LogP contribution in [0.4, 0.5) is 0 Å². The maximum absolute atomic E-state index is 10.3. The molecule has 0 aliphatic carbocycles. The van der Waals surface area contributed by atoms with Crippen LogP contribution in [0, 0.1) is 11.8 Å². The molecule has 18 heavy (non-hydrogen) atoms. The highest BCUT2D eigenvalue weighted by atomic mass is 16.5. The number of carbonyl (C=O) groups is 1. The van der Waals surface area contributed by atoms with Crippen LogP contribution >= 0.6 is 0 Å². The van der Waals surface area contributed by atoms with Gasteiger partial charge < -0.3 is 14.9 Å². The van der Waals surface area contributed by atoms with Crippen LogP contribution in [-0.2, 0) is 9.53 Å². The second-order valence-corrected chi connectivity index (χ2v) is 4.95. The maximum Gasteiger partial charge on any atom is 0.303 e. The van der Waals surface area contributed by atoms with Crippen LogP contribution in [0.3, 0.4) is 0 Å². The SMILES string of the molecule is O=C(O)CCC/C=C\C[C@@H]1[C@H](CO)[C@H]2C=C[C@@H]1O2. The van der Waals surface area contributed by atoms with Crippen molar-refractivity contribution < 1.29 is 19.7 Å². The molecule has 2 N–H and O–H groups in total. The summed E-state index contributed by atoms with van der Waals surface area (Å²) in [6.45, 7) is 0.170. The van der Waals surface area contributed by atoms with Gasteiger partial charge in [-0.15, -0.1) is 0 Å². The molecule has 1 fully saturated rings. The Morgan fingerprint density at radius 1 is 1.22 bits per heavy atom. The lowest BCUT2D eigenvalue weighted by Gasteiger charge is -2.21. The molecule has 2 aliphatic heterocycles. The standard InChI is InChI=1S/C14H20O4/c15-9-11-10(12-7-8-13(11)18-12)5-3-1-2-4-6-14(16)17/h1,3,7-8,10-13,15H,2,4-6,9H2,(H,16,17)/b3-1-/t10-,11+,12+,13-/m1/s1. The molecule has 100 valence electrons. The van der Waals surface area contributed by atoms with Crippen molar-refractivity contribution in [2.24, 2.45) is 11.8 Å². The fourth-order valence-electron chi connectivity index (χ4n) is 2.76. The summed E-state index contributed by atoms with van der Waals surface area (Å²) in [7, 11) is 0.